The molecular formula is C23H21FN4OS. The molecule has 1 fully saturated rings. The number of nitrogens with zero attached hydrogens (tertiary/aromatic N) is 4. The molecule has 152 valence electrons. The molecule has 2 aromatic carbocycles. The lowest BCUT2D eigenvalue weighted by molar-refractivity contribution is -0.130. The lowest BCUT2D eigenvalue weighted by Crippen LogP contribution is -2.49. The number of imidazole rings is 1. The van der Waals surface area contributed by atoms with Gasteiger partial charge in [0, 0.05) is 54.7 Å². The molecule has 0 atom stereocenters. The predicted octanol–water partition coefficient (Wildman–Crippen LogP) is 4.09. The summed E-state index contributed by atoms with van der Waals surface area (Å²) in [5, 5.41) is 1.99. The zero-order valence-electron chi connectivity index (χ0n) is 16.4. The maximum absolute atomic E-state index is 13.2. The second-order valence-electron chi connectivity index (χ2n) is 7.39. The molecule has 0 spiro atoms. The van der Waals surface area contributed by atoms with Gasteiger partial charge in [-0.25, -0.2) is 9.37 Å². The van der Waals surface area contributed by atoms with Crippen LogP contribution in [-0.2, 0) is 11.2 Å². The molecule has 2 aromatic heterocycles. The SMILES string of the molecule is O=C(Cc1csc2nc(-c3ccc(F)cc3)cn12)N1CCN(c2ccccc2)CC1. The topological polar surface area (TPSA) is 40.9 Å². The third-order valence-corrected chi connectivity index (χ3v) is 6.40. The molecule has 4 aromatic rings. The van der Waals surface area contributed by atoms with E-state index in [4.69, 9.17) is 0 Å². The van der Waals surface area contributed by atoms with E-state index >= 15 is 0 Å². The van der Waals surface area contributed by atoms with E-state index in [1.54, 1.807) is 12.1 Å². The van der Waals surface area contributed by atoms with Crippen LogP contribution in [0.4, 0.5) is 10.1 Å². The Labute approximate surface area is 178 Å². The molecule has 1 amide bonds. The number of anilines is 1. The standard InChI is InChI=1S/C23H21FN4OS/c24-18-8-6-17(7-9-18)21-15-28-20(16-30-23(28)25-21)14-22(29)27-12-10-26(11-13-27)19-4-2-1-3-5-19/h1-9,15-16H,10-14H2. The van der Waals surface area contributed by atoms with Gasteiger partial charge < -0.3 is 9.80 Å². The summed E-state index contributed by atoms with van der Waals surface area (Å²) in [6.45, 7) is 3.14. The fraction of sp³-hybridized carbons (Fsp3) is 0.217. The van der Waals surface area contributed by atoms with Crippen molar-refractivity contribution in [3.63, 3.8) is 0 Å². The highest BCUT2D eigenvalue weighted by molar-refractivity contribution is 7.15. The normalized spacial score (nSPS) is 14.4. The van der Waals surface area contributed by atoms with E-state index in [0.717, 1.165) is 48.1 Å². The molecule has 1 aliphatic heterocycles. The second kappa shape index (κ2) is 7.91. The van der Waals surface area contributed by atoms with Crippen molar-refractivity contribution in [3.8, 4) is 11.3 Å². The van der Waals surface area contributed by atoms with E-state index in [9.17, 15) is 9.18 Å². The van der Waals surface area contributed by atoms with Crippen LogP contribution >= 0.6 is 11.3 Å². The zero-order chi connectivity index (χ0) is 20.5. The number of piperazine rings is 1. The molecule has 30 heavy (non-hydrogen) atoms. The first-order valence-electron chi connectivity index (χ1n) is 9.96. The quantitative estimate of drug-likeness (QED) is 0.499. The molecule has 0 aliphatic carbocycles. The Kier molecular flexibility index (Phi) is 4.96. The van der Waals surface area contributed by atoms with Crippen LogP contribution < -0.4 is 4.90 Å². The van der Waals surface area contributed by atoms with Gasteiger partial charge in [0.15, 0.2) is 4.96 Å². The average Bonchev–Trinajstić information content (AvgIpc) is 3.37. The van der Waals surface area contributed by atoms with Crippen LogP contribution in [0.25, 0.3) is 16.2 Å². The van der Waals surface area contributed by atoms with Crippen molar-refractivity contribution in [2.45, 2.75) is 6.42 Å². The highest BCUT2D eigenvalue weighted by atomic mass is 32.1. The fourth-order valence-corrected chi connectivity index (χ4v) is 4.71. The van der Waals surface area contributed by atoms with Gasteiger partial charge in [-0.1, -0.05) is 18.2 Å². The minimum Gasteiger partial charge on any atom is -0.368 e. The molecule has 0 N–H and O–H groups in total. The summed E-state index contributed by atoms with van der Waals surface area (Å²) in [6.07, 6.45) is 2.28. The van der Waals surface area contributed by atoms with Gasteiger partial charge in [-0.15, -0.1) is 11.3 Å². The highest BCUT2D eigenvalue weighted by Crippen LogP contribution is 2.24. The van der Waals surface area contributed by atoms with Crippen molar-refractivity contribution in [1.82, 2.24) is 14.3 Å². The van der Waals surface area contributed by atoms with Crippen LogP contribution in [0, 0.1) is 5.82 Å². The van der Waals surface area contributed by atoms with Gasteiger partial charge in [0.1, 0.15) is 5.82 Å². The summed E-state index contributed by atoms with van der Waals surface area (Å²) in [6, 6.07) is 16.6. The van der Waals surface area contributed by atoms with Crippen molar-refractivity contribution in [2.75, 3.05) is 31.1 Å². The maximum Gasteiger partial charge on any atom is 0.228 e. The number of halogens is 1. The molecule has 1 saturated heterocycles. The highest BCUT2D eigenvalue weighted by Gasteiger charge is 2.22. The lowest BCUT2D eigenvalue weighted by atomic mass is 10.2. The van der Waals surface area contributed by atoms with Crippen LogP contribution in [0.3, 0.4) is 0 Å². The van der Waals surface area contributed by atoms with Gasteiger partial charge >= 0.3 is 0 Å². The number of hydrogen-bond donors (Lipinski definition) is 0. The molecule has 5 rings (SSSR count). The van der Waals surface area contributed by atoms with Gasteiger partial charge in [0.25, 0.3) is 0 Å². The lowest BCUT2D eigenvalue weighted by Gasteiger charge is -2.36. The van der Waals surface area contributed by atoms with Crippen molar-refractivity contribution in [3.05, 3.63) is 77.7 Å². The Morgan fingerprint density at radius 1 is 1.00 bits per heavy atom. The minimum absolute atomic E-state index is 0.138. The number of thiazole rings is 1. The molecular weight excluding hydrogens is 399 g/mol. The maximum atomic E-state index is 13.2. The van der Waals surface area contributed by atoms with Gasteiger partial charge in [-0.2, -0.15) is 0 Å². The number of amides is 1. The summed E-state index contributed by atoms with van der Waals surface area (Å²) < 4.78 is 15.2. The minimum atomic E-state index is -0.265. The molecule has 0 saturated carbocycles. The molecule has 3 heterocycles. The van der Waals surface area contributed by atoms with E-state index < -0.39 is 0 Å². The number of fused-ring (bicyclic) bond motifs is 1. The van der Waals surface area contributed by atoms with Crippen LogP contribution in [0.5, 0.6) is 0 Å². The largest absolute Gasteiger partial charge is 0.368 e. The van der Waals surface area contributed by atoms with E-state index in [-0.39, 0.29) is 11.7 Å². The Morgan fingerprint density at radius 2 is 1.73 bits per heavy atom. The second-order valence-corrected chi connectivity index (χ2v) is 8.23. The monoisotopic (exact) mass is 420 g/mol. The Balaban J connectivity index is 1.27. The summed E-state index contributed by atoms with van der Waals surface area (Å²) in [4.78, 5) is 22.6. The smallest absolute Gasteiger partial charge is 0.228 e. The third kappa shape index (κ3) is 3.68. The number of carbonyl (C=O) groups excluding carboxylic acids is 1. The van der Waals surface area contributed by atoms with Gasteiger partial charge in [-0.05, 0) is 36.4 Å². The number of benzene rings is 2. The number of aromatic nitrogens is 2. The third-order valence-electron chi connectivity index (χ3n) is 5.51. The van der Waals surface area contributed by atoms with Crippen molar-refractivity contribution < 1.29 is 9.18 Å². The predicted molar refractivity (Wildman–Crippen MR) is 117 cm³/mol. The van der Waals surface area contributed by atoms with Crippen molar-refractivity contribution in [2.24, 2.45) is 0 Å². The summed E-state index contributed by atoms with van der Waals surface area (Å²) in [7, 11) is 0. The van der Waals surface area contributed by atoms with E-state index in [1.807, 2.05) is 39.1 Å². The Bertz CT molecular complexity index is 1160. The first-order valence-corrected chi connectivity index (χ1v) is 10.8. The Hall–Kier alpha value is -3.19. The summed E-state index contributed by atoms with van der Waals surface area (Å²) in [5.41, 5.74) is 3.79. The molecule has 1 aliphatic rings. The van der Waals surface area contributed by atoms with Gasteiger partial charge in [-0.3, -0.25) is 9.20 Å². The molecule has 7 heteroatoms. The summed E-state index contributed by atoms with van der Waals surface area (Å²) >= 11 is 1.52. The van der Waals surface area contributed by atoms with E-state index in [0.29, 0.717) is 6.42 Å². The van der Waals surface area contributed by atoms with Crippen LogP contribution in [0.2, 0.25) is 0 Å². The number of para-hydroxylation sites is 1. The Morgan fingerprint density at radius 3 is 2.47 bits per heavy atom. The van der Waals surface area contributed by atoms with Crippen LogP contribution in [0.1, 0.15) is 5.69 Å². The molecule has 0 unspecified atom stereocenters. The van der Waals surface area contributed by atoms with Gasteiger partial charge in [0.2, 0.25) is 5.91 Å². The van der Waals surface area contributed by atoms with Crippen LogP contribution in [-0.4, -0.2) is 46.4 Å². The molecule has 5 nitrogen and oxygen atoms in total. The first-order chi connectivity index (χ1) is 14.7. The van der Waals surface area contributed by atoms with Crippen molar-refractivity contribution >= 4 is 27.9 Å². The zero-order valence-corrected chi connectivity index (χ0v) is 17.2. The summed E-state index contributed by atoms with van der Waals surface area (Å²) in [5.74, 6) is -0.127. The molecule has 0 bridgehead atoms. The van der Waals surface area contributed by atoms with Gasteiger partial charge in [0.05, 0.1) is 12.1 Å². The average molecular weight is 421 g/mol. The number of carbonyl (C=O) groups is 1. The van der Waals surface area contributed by atoms with E-state index in [1.165, 1.54) is 29.2 Å². The fourth-order valence-electron chi connectivity index (χ4n) is 3.84. The molecule has 0 radical (unpaired) electrons. The van der Waals surface area contributed by atoms with Crippen LogP contribution in [0.15, 0.2) is 66.2 Å². The first kappa shape index (κ1) is 18.8. The number of hydrogen-bond acceptors (Lipinski definition) is 4. The van der Waals surface area contributed by atoms with E-state index in [2.05, 4.69) is 22.0 Å². The number of rotatable bonds is 4. The van der Waals surface area contributed by atoms with Crippen molar-refractivity contribution in [1.29, 1.82) is 0 Å².